The third-order valence-electron chi connectivity index (χ3n) is 4.31. The molecule has 4 nitrogen and oxygen atoms in total. The van der Waals surface area contributed by atoms with Crippen LogP contribution in [0.25, 0.3) is 37.7 Å². The number of hydrogen-bond acceptors (Lipinski definition) is 3. The smallest absolute Gasteiger partial charge is 0.213 e. The van der Waals surface area contributed by atoms with Crippen LogP contribution in [-0.4, -0.2) is 19.2 Å². The topological polar surface area (TPSA) is 35.1 Å². The predicted octanol–water partition coefficient (Wildman–Crippen LogP) is 5.33. The minimum Gasteiger partial charge on any atom is -0.350 e. The highest BCUT2D eigenvalue weighted by molar-refractivity contribution is 8.93. The molecule has 0 atom stereocenters. The lowest BCUT2D eigenvalue weighted by Crippen LogP contribution is -1.83. The molecule has 5 rings (SSSR count). The van der Waals surface area contributed by atoms with E-state index in [4.69, 9.17) is 5.10 Å². The summed E-state index contributed by atoms with van der Waals surface area (Å²) in [5, 5.41) is 6.81. The van der Waals surface area contributed by atoms with Crippen LogP contribution in [0.3, 0.4) is 0 Å². The van der Waals surface area contributed by atoms with Gasteiger partial charge in [0.15, 0.2) is 0 Å². The molecule has 0 fully saturated rings. The molecule has 0 aliphatic heterocycles. The Balaban J connectivity index is 0.00000168. The fourth-order valence-electron chi connectivity index (χ4n) is 3.08. The molecule has 0 saturated heterocycles. The molecule has 0 saturated carbocycles. The predicted molar refractivity (Wildman–Crippen MR) is 108 cm³/mol. The van der Waals surface area contributed by atoms with E-state index < -0.39 is 0 Å². The Morgan fingerprint density at radius 2 is 1.77 bits per heavy atom. The van der Waals surface area contributed by atoms with Crippen molar-refractivity contribution in [2.45, 2.75) is 0 Å². The molecule has 7 heteroatoms. The highest BCUT2D eigenvalue weighted by atomic mass is 79.9. The van der Waals surface area contributed by atoms with Crippen molar-refractivity contribution in [3.05, 3.63) is 66.7 Å². The number of imidazole rings is 1. The van der Waals surface area contributed by atoms with Crippen LogP contribution >= 0.6 is 28.3 Å². The summed E-state index contributed by atoms with van der Waals surface area (Å²) in [7, 11) is 2.04. The molecule has 5 aromatic rings. The van der Waals surface area contributed by atoms with Gasteiger partial charge in [0.2, 0.25) is 4.96 Å². The Labute approximate surface area is 163 Å². The van der Waals surface area contributed by atoms with Gasteiger partial charge in [0, 0.05) is 35.3 Å². The molecule has 0 aliphatic carbocycles. The average Bonchev–Trinajstić information content (AvgIpc) is 3.27. The molecule has 0 radical (unpaired) electrons. The molecule has 3 heterocycles. The first-order valence-electron chi connectivity index (χ1n) is 7.85. The van der Waals surface area contributed by atoms with Gasteiger partial charge in [-0.2, -0.15) is 5.10 Å². The zero-order valence-corrected chi connectivity index (χ0v) is 16.3. The quantitative estimate of drug-likeness (QED) is 0.380. The zero-order valence-electron chi connectivity index (χ0n) is 13.8. The number of aryl methyl sites for hydroxylation is 1. The fraction of sp³-hybridized carbons (Fsp3) is 0.0526. The number of aromatic nitrogens is 4. The molecule has 0 N–H and O–H groups in total. The monoisotopic (exact) mass is 428 g/mol. The summed E-state index contributed by atoms with van der Waals surface area (Å²) < 4.78 is 17.0. The molecular formula is C19H14BrFN4S. The van der Waals surface area contributed by atoms with Gasteiger partial charge < -0.3 is 4.57 Å². The lowest BCUT2D eigenvalue weighted by molar-refractivity contribution is 0.628. The summed E-state index contributed by atoms with van der Waals surface area (Å²) in [4.78, 5) is 5.46. The second-order valence-corrected chi connectivity index (χ2v) is 6.89. The van der Waals surface area contributed by atoms with E-state index in [-0.39, 0.29) is 22.8 Å². The van der Waals surface area contributed by atoms with Crippen molar-refractivity contribution in [2.24, 2.45) is 7.05 Å². The molecule has 0 bridgehead atoms. The molecular weight excluding hydrogens is 415 g/mol. The first-order valence-corrected chi connectivity index (χ1v) is 8.67. The molecule has 2 aromatic carbocycles. The number of halogens is 2. The summed E-state index contributed by atoms with van der Waals surface area (Å²) in [6.07, 6.45) is 3.98. The van der Waals surface area contributed by atoms with Crippen molar-refractivity contribution in [1.82, 2.24) is 19.2 Å². The van der Waals surface area contributed by atoms with Crippen LogP contribution < -0.4 is 0 Å². The van der Waals surface area contributed by atoms with Crippen molar-refractivity contribution in [2.75, 3.05) is 0 Å². The molecule has 0 amide bonds. The van der Waals surface area contributed by atoms with Crippen LogP contribution in [-0.2, 0) is 7.05 Å². The van der Waals surface area contributed by atoms with Gasteiger partial charge in [-0.05, 0) is 30.3 Å². The summed E-state index contributed by atoms with van der Waals surface area (Å²) in [6.45, 7) is 0. The van der Waals surface area contributed by atoms with E-state index in [0.717, 1.165) is 26.8 Å². The standard InChI is InChI=1S/C19H13FN4S.BrH/c1-23-10-15(14-4-2-3-5-17(14)23)18-22-24-11-16(21-19(24)25-18)12-6-8-13(20)9-7-12;/h2-11H,1H3;1H. The van der Waals surface area contributed by atoms with Crippen LogP contribution in [0.4, 0.5) is 4.39 Å². The number of fused-ring (bicyclic) bond motifs is 2. The van der Waals surface area contributed by atoms with Gasteiger partial charge >= 0.3 is 0 Å². The van der Waals surface area contributed by atoms with Crippen LogP contribution in [0.5, 0.6) is 0 Å². The lowest BCUT2D eigenvalue weighted by Gasteiger charge is -1.95. The molecule has 3 aromatic heterocycles. The second kappa shape index (κ2) is 6.34. The van der Waals surface area contributed by atoms with E-state index in [1.165, 1.54) is 23.0 Å². The molecule has 0 unspecified atom stereocenters. The van der Waals surface area contributed by atoms with Crippen LogP contribution in [0.15, 0.2) is 60.9 Å². The van der Waals surface area contributed by atoms with Crippen LogP contribution in [0.2, 0.25) is 0 Å². The number of para-hydroxylation sites is 1. The molecule has 26 heavy (non-hydrogen) atoms. The van der Waals surface area contributed by atoms with Gasteiger partial charge in [-0.1, -0.05) is 29.5 Å². The van der Waals surface area contributed by atoms with Crippen molar-refractivity contribution < 1.29 is 4.39 Å². The number of rotatable bonds is 2. The van der Waals surface area contributed by atoms with E-state index >= 15 is 0 Å². The van der Waals surface area contributed by atoms with E-state index in [1.54, 1.807) is 28.0 Å². The van der Waals surface area contributed by atoms with Crippen molar-refractivity contribution in [1.29, 1.82) is 0 Å². The zero-order chi connectivity index (χ0) is 17.0. The maximum Gasteiger partial charge on any atom is 0.213 e. The number of benzene rings is 2. The van der Waals surface area contributed by atoms with Crippen molar-refractivity contribution >= 4 is 44.2 Å². The van der Waals surface area contributed by atoms with E-state index in [2.05, 4.69) is 27.9 Å². The number of hydrogen-bond donors (Lipinski definition) is 0. The highest BCUT2D eigenvalue weighted by Crippen LogP contribution is 2.33. The molecule has 130 valence electrons. The highest BCUT2D eigenvalue weighted by Gasteiger charge is 2.15. The third kappa shape index (κ3) is 2.64. The molecule has 0 spiro atoms. The largest absolute Gasteiger partial charge is 0.350 e. The van der Waals surface area contributed by atoms with Gasteiger partial charge in [-0.15, -0.1) is 17.0 Å². The average molecular weight is 429 g/mol. The van der Waals surface area contributed by atoms with E-state index in [9.17, 15) is 4.39 Å². The maximum absolute atomic E-state index is 13.1. The molecule has 0 aliphatic rings. The normalized spacial score (nSPS) is 11.2. The Bertz CT molecular complexity index is 1190. The van der Waals surface area contributed by atoms with Crippen LogP contribution in [0.1, 0.15) is 0 Å². The van der Waals surface area contributed by atoms with Crippen molar-refractivity contribution in [3.8, 4) is 21.8 Å². The minimum absolute atomic E-state index is 0. The first kappa shape index (κ1) is 16.9. The maximum atomic E-state index is 13.1. The second-order valence-electron chi connectivity index (χ2n) is 5.94. The van der Waals surface area contributed by atoms with Gasteiger partial charge in [-0.3, -0.25) is 0 Å². The van der Waals surface area contributed by atoms with Crippen molar-refractivity contribution in [3.63, 3.8) is 0 Å². The van der Waals surface area contributed by atoms with E-state index in [1.807, 2.05) is 25.4 Å². The van der Waals surface area contributed by atoms with Gasteiger partial charge in [0.25, 0.3) is 0 Å². The fourth-order valence-corrected chi connectivity index (χ4v) is 3.99. The minimum atomic E-state index is -0.249. The van der Waals surface area contributed by atoms with Crippen LogP contribution in [0, 0.1) is 5.82 Å². The Morgan fingerprint density at radius 1 is 1.00 bits per heavy atom. The lowest BCUT2D eigenvalue weighted by atomic mass is 10.2. The Kier molecular flexibility index (Phi) is 4.13. The van der Waals surface area contributed by atoms with Gasteiger partial charge in [0.1, 0.15) is 10.8 Å². The van der Waals surface area contributed by atoms with Gasteiger partial charge in [-0.25, -0.2) is 13.9 Å². The first-order chi connectivity index (χ1) is 12.2. The Hall–Kier alpha value is -2.51. The third-order valence-corrected chi connectivity index (χ3v) is 5.27. The number of nitrogens with zero attached hydrogens (tertiary/aromatic N) is 4. The van der Waals surface area contributed by atoms with E-state index in [0.29, 0.717) is 0 Å². The summed E-state index contributed by atoms with van der Waals surface area (Å²) in [5.74, 6) is -0.249. The summed E-state index contributed by atoms with van der Waals surface area (Å²) in [5.41, 5.74) is 3.96. The van der Waals surface area contributed by atoms with Gasteiger partial charge in [0.05, 0.1) is 11.9 Å². The summed E-state index contributed by atoms with van der Waals surface area (Å²) in [6, 6.07) is 14.6. The Morgan fingerprint density at radius 3 is 2.54 bits per heavy atom. The SMILES string of the molecule is Br.Cn1cc(-c2nn3cc(-c4ccc(F)cc4)nc3s2)c2ccccc21. The summed E-state index contributed by atoms with van der Waals surface area (Å²) >= 11 is 1.55.